The van der Waals surface area contributed by atoms with Gasteiger partial charge < -0.3 is 10.2 Å². The van der Waals surface area contributed by atoms with Gasteiger partial charge >= 0.3 is 0 Å². The quantitative estimate of drug-likeness (QED) is 0.870. The number of carbonyl (C=O) groups excluding carboxylic acids is 2. The third kappa shape index (κ3) is 3.94. The maximum Gasteiger partial charge on any atom is 0.228 e. The molecule has 1 saturated heterocycles. The van der Waals surface area contributed by atoms with Crippen molar-refractivity contribution in [2.75, 3.05) is 18.4 Å². The molecule has 0 bridgehead atoms. The summed E-state index contributed by atoms with van der Waals surface area (Å²) in [4.78, 5) is 26.8. The Balaban J connectivity index is 1.55. The van der Waals surface area contributed by atoms with Crippen LogP contribution in [0, 0.1) is 18.8 Å². The standard InChI is InChI=1S/C18H23BrN2O2/c1-12-10-13(6-7-16(12)19)20-17(22)14-11-15(14)18(23)21-8-4-2-3-5-9-21/h6-7,10,14-15H,2-5,8-9,11H2,1H3,(H,20,22). The lowest BCUT2D eigenvalue weighted by Crippen LogP contribution is -2.34. The lowest BCUT2D eigenvalue weighted by Gasteiger charge is -2.20. The summed E-state index contributed by atoms with van der Waals surface area (Å²) in [6, 6.07) is 5.75. The van der Waals surface area contributed by atoms with Gasteiger partial charge in [-0.3, -0.25) is 9.59 Å². The van der Waals surface area contributed by atoms with E-state index in [2.05, 4.69) is 21.2 Å². The van der Waals surface area contributed by atoms with Crippen LogP contribution < -0.4 is 5.32 Å². The fourth-order valence-electron chi connectivity index (χ4n) is 3.24. The van der Waals surface area contributed by atoms with Crippen molar-refractivity contribution in [3.8, 4) is 0 Å². The lowest BCUT2D eigenvalue weighted by molar-refractivity contribution is -0.134. The molecule has 2 fully saturated rings. The molecule has 1 aliphatic heterocycles. The topological polar surface area (TPSA) is 49.4 Å². The van der Waals surface area contributed by atoms with Gasteiger partial charge in [0.25, 0.3) is 0 Å². The molecule has 3 rings (SSSR count). The first-order valence-electron chi connectivity index (χ1n) is 8.42. The average molecular weight is 379 g/mol. The first-order valence-corrected chi connectivity index (χ1v) is 9.21. The van der Waals surface area contributed by atoms with Gasteiger partial charge in [0, 0.05) is 23.2 Å². The second-order valence-corrected chi connectivity index (χ2v) is 7.50. The molecular weight excluding hydrogens is 356 g/mol. The molecule has 23 heavy (non-hydrogen) atoms. The van der Waals surface area contributed by atoms with Gasteiger partial charge in [-0.2, -0.15) is 0 Å². The van der Waals surface area contributed by atoms with E-state index >= 15 is 0 Å². The average Bonchev–Trinajstić information content (AvgIpc) is 3.33. The van der Waals surface area contributed by atoms with Crippen LogP contribution in [0.1, 0.15) is 37.7 Å². The molecule has 2 aliphatic rings. The Labute approximate surface area is 145 Å². The smallest absolute Gasteiger partial charge is 0.228 e. The first kappa shape index (κ1) is 16.5. The molecule has 0 aromatic heterocycles. The lowest BCUT2D eigenvalue weighted by atomic mass is 10.2. The van der Waals surface area contributed by atoms with Crippen molar-refractivity contribution in [2.24, 2.45) is 11.8 Å². The molecule has 2 amide bonds. The minimum atomic E-state index is -0.158. The molecule has 1 N–H and O–H groups in total. The van der Waals surface area contributed by atoms with Gasteiger partial charge in [0.15, 0.2) is 0 Å². The van der Waals surface area contributed by atoms with Crippen LogP contribution in [0.5, 0.6) is 0 Å². The van der Waals surface area contributed by atoms with Crippen LogP contribution in [-0.2, 0) is 9.59 Å². The third-order valence-corrected chi connectivity index (χ3v) is 5.68. The van der Waals surface area contributed by atoms with E-state index in [1.54, 1.807) is 0 Å². The van der Waals surface area contributed by atoms with E-state index in [-0.39, 0.29) is 23.7 Å². The highest BCUT2D eigenvalue weighted by atomic mass is 79.9. The van der Waals surface area contributed by atoms with Gasteiger partial charge in [0.2, 0.25) is 11.8 Å². The predicted octanol–water partition coefficient (Wildman–Crippen LogP) is 3.73. The number of carbonyl (C=O) groups is 2. The van der Waals surface area contributed by atoms with Gasteiger partial charge in [-0.15, -0.1) is 0 Å². The molecular formula is C18H23BrN2O2. The number of amides is 2. The summed E-state index contributed by atoms with van der Waals surface area (Å²) >= 11 is 3.45. The van der Waals surface area contributed by atoms with Crippen LogP contribution in [-0.4, -0.2) is 29.8 Å². The Hall–Kier alpha value is -1.36. The highest BCUT2D eigenvalue weighted by Crippen LogP contribution is 2.41. The van der Waals surface area contributed by atoms with Crippen LogP contribution in [0.15, 0.2) is 22.7 Å². The highest BCUT2D eigenvalue weighted by Gasteiger charge is 2.49. The predicted molar refractivity (Wildman–Crippen MR) is 94.2 cm³/mol. The minimum absolute atomic E-state index is 0.0279. The maximum atomic E-state index is 12.5. The summed E-state index contributed by atoms with van der Waals surface area (Å²) in [6.07, 6.45) is 5.29. The largest absolute Gasteiger partial charge is 0.342 e. The molecule has 124 valence electrons. The number of nitrogens with zero attached hydrogens (tertiary/aromatic N) is 1. The molecule has 1 aliphatic carbocycles. The summed E-state index contributed by atoms with van der Waals surface area (Å²) < 4.78 is 1.02. The zero-order valence-corrected chi connectivity index (χ0v) is 15.1. The van der Waals surface area contributed by atoms with Gasteiger partial charge in [0.1, 0.15) is 0 Å². The normalized spacial score (nSPS) is 24.0. The number of hydrogen-bond acceptors (Lipinski definition) is 2. The van der Waals surface area contributed by atoms with Crippen molar-refractivity contribution >= 4 is 33.4 Å². The van der Waals surface area contributed by atoms with Crippen molar-refractivity contribution in [1.82, 2.24) is 4.90 Å². The molecule has 1 saturated carbocycles. The summed E-state index contributed by atoms with van der Waals surface area (Å²) in [7, 11) is 0. The van der Waals surface area contributed by atoms with Crippen molar-refractivity contribution in [3.05, 3.63) is 28.2 Å². The number of likely N-dealkylation sites (tertiary alicyclic amines) is 1. The van der Waals surface area contributed by atoms with Crippen LogP contribution in [0.2, 0.25) is 0 Å². The fourth-order valence-corrected chi connectivity index (χ4v) is 3.49. The molecule has 1 heterocycles. The minimum Gasteiger partial charge on any atom is -0.342 e. The van der Waals surface area contributed by atoms with Crippen molar-refractivity contribution < 1.29 is 9.59 Å². The zero-order chi connectivity index (χ0) is 16.4. The molecule has 4 nitrogen and oxygen atoms in total. The molecule has 1 aromatic carbocycles. The number of hydrogen-bond donors (Lipinski definition) is 1. The van der Waals surface area contributed by atoms with Gasteiger partial charge in [-0.05, 0) is 49.9 Å². The van der Waals surface area contributed by atoms with Crippen LogP contribution in [0.3, 0.4) is 0 Å². The van der Waals surface area contributed by atoms with Crippen molar-refractivity contribution in [2.45, 2.75) is 39.0 Å². The zero-order valence-electron chi connectivity index (χ0n) is 13.5. The molecule has 0 spiro atoms. The Morgan fingerprint density at radius 3 is 2.48 bits per heavy atom. The Bertz CT molecular complexity index is 609. The molecule has 5 heteroatoms. The second kappa shape index (κ2) is 7.04. The number of rotatable bonds is 3. The first-order chi connectivity index (χ1) is 11.1. The molecule has 2 unspecified atom stereocenters. The van der Waals surface area contributed by atoms with E-state index in [0.29, 0.717) is 6.42 Å². The molecule has 2 atom stereocenters. The van der Waals surface area contributed by atoms with Crippen LogP contribution >= 0.6 is 15.9 Å². The summed E-state index contributed by atoms with van der Waals surface area (Å²) in [5.41, 5.74) is 1.87. The van der Waals surface area contributed by atoms with E-state index in [1.165, 1.54) is 12.8 Å². The number of halogens is 1. The number of benzene rings is 1. The SMILES string of the molecule is Cc1cc(NC(=O)C2CC2C(=O)N2CCCCCC2)ccc1Br. The maximum absolute atomic E-state index is 12.5. The van der Waals surface area contributed by atoms with Crippen molar-refractivity contribution in [3.63, 3.8) is 0 Å². The second-order valence-electron chi connectivity index (χ2n) is 6.64. The van der Waals surface area contributed by atoms with Gasteiger partial charge in [0.05, 0.1) is 11.8 Å². The molecule has 0 radical (unpaired) electrons. The van der Waals surface area contributed by atoms with E-state index in [9.17, 15) is 9.59 Å². The Kier molecular flexibility index (Phi) is 5.05. The fraction of sp³-hybridized carbons (Fsp3) is 0.556. The Morgan fingerprint density at radius 1 is 1.13 bits per heavy atom. The number of aryl methyl sites for hydroxylation is 1. The van der Waals surface area contributed by atoms with Crippen LogP contribution in [0.4, 0.5) is 5.69 Å². The molecule has 1 aromatic rings. The van der Waals surface area contributed by atoms with E-state index in [1.807, 2.05) is 30.0 Å². The summed E-state index contributed by atoms with van der Waals surface area (Å²) in [5.74, 6) is -0.113. The highest BCUT2D eigenvalue weighted by molar-refractivity contribution is 9.10. The number of nitrogens with one attached hydrogen (secondary N) is 1. The van der Waals surface area contributed by atoms with Gasteiger partial charge in [-0.25, -0.2) is 0 Å². The van der Waals surface area contributed by atoms with Crippen molar-refractivity contribution in [1.29, 1.82) is 0 Å². The third-order valence-electron chi connectivity index (χ3n) is 4.79. The summed E-state index contributed by atoms with van der Waals surface area (Å²) in [6.45, 7) is 3.70. The van der Waals surface area contributed by atoms with Gasteiger partial charge in [-0.1, -0.05) is 28.8 Å². The Morgan fingerprint density at radius 2 is 1.83 bits per heavy atom. The number of anilines is 1. The van der Waals surface area contributed by atoms with Crippen LogP contribution in [0.25, 0.3) is 0 Å². The van der Waals surface area contributed by atoms with E-state index < -0.39 is 0 Å². The van der Waals surface area contributed by atoms with E-state index in [0.717, 1.165) is 41.7 Å². The van der Waals surface area contributed by atoms with E-state index in [4.69, 9.17) is 0 Å². The summed E-state index contributed by atoms with van der Waals surface area (Å²) in [5, 5.41) is 2.94. The monoisotopic (exact) mass is 378 g/mol.